The molecule has 0 radical (unpaired) electrons. The van der Waals surface area contributed by atoms with Crippen LogP contribution in [-0.4, -0.2) is 30.8 Å². The standard InChI is InChI=1S/C39H34N4OS2.Pd/c1-6-45-38-37(36-26(4)12-10-13-27(36)5)39(46-7-2)43(41-38)28-14-11-15-29(23-28)44-30-18-19-32-31-16-8-9-17-33(31)42(34(32)24-30)35-22-25(3)20-21-40-35;/h8-22H,6-7H2,1-5H3;/q-2;+2. The summed E-state index contributed by atoms with van der Waals surface area (Å²) in [6.07, 6.45) is 1.85. The summed E-state index contributed by atoms with van der Waals surface area (Å²) in [7, 11) is 0. The van der Waals surface area contributed by atoms with Crippen molar-refractivity contribution >= 4 is 45.3 Å². The molecular formula is C39H34N4OPdS2. The minimum Gasteiger partial charge on any atom is -0.509 e. The number of para-hydroxylation sites is 1. The minimum absolute atomic E-state index is 0. The molecule has 47 heavy (non-hydrogen) atoms. The number of aromatic nitrogens is 4. The van der Waals surface area contributed by atoms with Crippen LogP contribution in [0.1, 0.15) is 30.5 Å². The Morgan fingerprint density at radius 1 is 0.745 bits per heavy atom. The first kappa shape index (κ1) is 33.1. The Morgan fingerprint density at radius 3 is 2.26 bits per heavy atom. The average Bonchev–Trinajstić information content (AvgIpc) is 3.57. The van der Waals surface area contributed by atoms with E-state index in [2.05, 4.69) is 106 Å². The molecule has 0 saturated heterocycles. The third-order valence-electron chi connectivity index (χ3n) is 7.99. The second-order valence-corrected chi connectivity index (χ2v) is 13.7. The molecule has 0 atom stereocenters. The Balaban J connectivity index is 0.00000386. The molecule has 0 saturated carbocycles. The Kier molecular flexibility index (Phi) is 9.96. The summed E-state index contributed by atoms with van der Waals surface area (Å²) in [6.45, 7) is 10.8. The van der Waals surface area contributed by atoms with E-state index < -0.39 is 0 Å². The monoisotopic (exact) mass is 744 g/mol. The van der Waals surface area contributed by atoms with Crippen molar-refractivity contribution in [3.63, 3.8) is 0 Å². The number of hydrogen-bond donors (Lipinski definition) is 0. The van der Waals surface area contributed by atoms with Gasteiger partial charge in [0.1, 0.15) is 15.9 Å². The van der Waals surface area contributed by atoms with E-state index >= 15 is 0 Å². The number of nitrogens with zero attached hydrogens (tertiary/aromatic N) is 4. The van der Waals surface area contributed by atoms with Crippen molar-refractivity contribution in [3.8, 4) is 34.1 Å². The summed E-state index contributed by atoms with van der Waals surface area (Å²) < 4.78 is 10.7. The maximum absolute atomic E-state index is 6.47. The molecule has 4 aromatic carbocycles. The van der Waals surface area contributed by atoms with Gasteiger partial charge < -0.3 is 9.30 Å². The van der Waals surface area contributed by atoms with Crippen LogP contribution in [0.5, 0.6) is 11.5 Å². The van der Waals surface area contributed by atoms with E-state index in [1.807, 2.05) is 53.0 Å². The van der Waals surface area contributed by atoms with Gasteiger partial charge in [0.05, 0.1) is 0 Å². The first-order chi connectivity index (χ1) is 22.5. The fraction of sp³-hybridized carbons (Fsp3) is 0.179. The second kappa shape index (κ2) is 14.1. The van der Waals surface area contributed by atoms with Crippen LogP contribution in [0.2, 0.25) is 0 Å². The number of fused-ring (bicyclic) bond motifs is 3. The van der Waals surface area contributed by atoms with Crippen molar-refractivity contribution in [3.05, 3.63) is 120 Å². The van der Waals surface area contributed by atoms with Crippen molar-refractivity contribution in [1.29, 1.82) is 0 Å². The van der Waals surface area contributed by atoms with Gasteiger partial charge >= 0.3 is 20.4 Å². The van der Waals surface area contributed by atoms with E-state index in [4.69, 9.17) is 14.8 Å². The summed E-state index contributed by atoms with van der Waals surface area (Å²) >= 11 is 3.58. The van der Waals surface area contributed by atoms with Crippen LogP contribution >= 0.6 is 23.5 Å². The first-order valence-corrected chi connectivity index (χ1v) is 17.5. The molecule has 5 nitrogen and oxygen atoms in total. The zero-order valence-electron chi connectivity index (χ0n) is 26.9. The molecule has 0 amide bonds. The zero-order chi connectivity index (χ0) is 31.8. The molecule has 0 aliphatic carbocycles. The predicted octanol–water partition coefficient (Wildman–Crippen LogP) is 10.6. The van der Waals surface area contributed by atoms with Gasteiger partial charge in [-0.25, -0.2) is 4.98 Å². The van der Waals surface area contributed by atoms with Crippen LogP contribution in [0.4, 0.5) is 0 Å². The molecule has 0 aliphatic heterocycles. The Labute approximate surface area is 298 Å². The average molecular weight is 745 g/mol. The van der Waals surface area contributed by atoms with E-state index in [0.29, 0.717) is 11.5 Å². The molecule has 7 aromatic rings. The molecular weight excluding hydrogens is 711 g/mol. The Hall–Kier alpha value is -3.80. The molecule has 238 valence electrons. The normalized spacial score (nSPS) is 11.3. The zero-order valence-corrected chi connectivity index (χ0v) is 30.1. The molecule has 0 spiro atoms. The summed E-state index contributed by atoms with van der Waals surface area (Å²) in [4.78, 5) is 4.70. The van der Waals surface area contributed by atoms with Gasteiger partial charge in [-0.2, -0.15) is 17.2 Å². The first-order valence-electron chi connectivity index (χ1n) is 15.5. The fourth-order valence-corrected chi connectivity index (χ4v) is 7.73. The molecule has 3 aromatic heterocycles. The quantitative estimate of drug-likeness (QED) is 0.0837. The molecule has 0 aliphatic rings. The number of hydrogen-bond acceptors (Lipinski definition) is 5. The predicted molar refractivity (Wildman–Crippen MR) is 192 cm³/mol. The van der Waals surface area contributed by atoms with Gasteiger partial charge in [-0.1, -0.05) is 55.8 Å². The van der Waals surface area contributed by atoms with Crippen molar-refractivity contribution in [2.24, 2.45) is 0 Å². The third kappa shape index (κ3) is 6.28. The smallest absolute Gasteiger partial charge is 0.509 e. The van der Waals surface area contributed by atoms with Crippen LogP contribution in [0, 0.1) is 32.9 Å². The van der Waals surface area contributed by atoms with Gasteiger partial charge in [-0.15, -0.1) is 59.2 Å². The van der Waals surface area contributed by atoms with Gasteiger partial charge in [0.25, 0.3) is 0 Å². The largest absolute Gasteiger partial charge is 2.00 e. The maximum atomic E-state index is 6.47. The van der Waals surface area contributed by atoms with Crippen molar-refractivity contribution in [2.45, 2.75) is 44.7 Å². The van der Waals surface area contributed by atoms with E-state index in [1.54, 1.807) is 11.8 Å². The van der Waals surface area contributed by atoms with Crippen LogP contribution < -0.4 is 4.74 Å². The number of ether oxygens (including phenoxy) is 1. The minimum atomic E-state index is 0. The summed E-state index contributed by atoms with van der Waals surface area (Å²) in [6, 6.07) is 36.1. The maximum Gasteiger partial charge on any atom is 2.00 e. The Morgan fingerprint density at radius 2 is 1.49 bits per heavy atom. The summed E-state index contributed by atoms with van der Waals surface area (Å²) in [5, 5.41) is 9.57. The van der Waals surface area contributed by atoms with E-state index in [0.717, 1.165) is 60.4 Å². The Bertz CT molecular complexity index is 2200. The van der Waals surface area contributed by atoms with E-state index in [9.17, 15) is 0 Å². The number of rotatable bonds is 9. The van der Waals surface area contributed by atoms with Crippen LogP contribution in [0.25, 0.3) is 44.4 Å². The number of aryl methyl sites for hydroxylation is 3. The third-order valence-corrected chi connectivity index (χ3v) is 9.78. The van der Waals surface area contributed by atoms with Gasteiger partial charge in [0.15, 0.2) is 0 Å². The summed E-state index contributed by atoms with van der Waals surface area (Å²) in [5.74, 6) is 3.93. The van der Waals surface area contributed by atoms with Crippen LogP contribution in [0.3, 0.4) is 0 Å². The van der Waals surface area contributed by atoms with Gasteiger partial charge in [0.2, 0.25) is 0 Å². The topological polar surface area (TPSA) is 44.9 Å². The van der Waals surface area contributed by atoms with Gasteiger partial charge in [-0.3, -0.25) is 4.68 Å². The molecule has 0 N–H and O–H groups in total. The second-order valence-electron chi connectivity index (χ2n) is 11.2. The van der Waals surface area contributed by atoms with Gasteiger partial charge in [-0.05, 0) is 83.8 Å². The van der Waals surface area contributed by atoms with E-state index in [-0.39, 0.29) is 20.4 Å². The molecule has 0 fully saturated rings. The number of thioether (sulfide) groups is 2. The molecule has 8 heteroatoms. The molecule has 0 bridgehead atoms. The van der Waals surface area contributed by atoms with E-state index in [1.165, 1.54) is 22.3 Å². The molecule has 0 unspecified atom stereocenters. The molecule has 3 heterocycles. The van der Waals surface area contributed by atoms with Crippen molar-refractivity contribution in [2.75, 3.05) is 11.5 Å². The SMILES string of the molecule is CCSc1nn(-c2[c-]c(Oc3[c-]c4c(cc3)c3ccccc3n4-c3cc(C)ccn3)ccc2)c(SCC)c1-c1c(C)cccc1C.[Pd+2]. The fourth-order valence-electron chi connectivity index (χ4n) is 6.03. The number of pyridine rings is 1. The number of benzene rings is 4. The van der Waals surface area contributed by atoms with Crippen molar-refractivity contribution < 1.29 is 25.2 Å². The van der Waals surface area contributed by atoms with Crippen molar-refractivity contribution in [1.82, 2.24) is 19.3 Å². The molecule has 7 rings (SSSR count). The summed E-state index contributed by atoms with van der Waals surface area (Å²) in [5.41, 5.74) is 8.94. The van der Waals surface area contributed by atoms with Crippen LogP contribution in [0.15, 0.2) is 101 Å². The van der Waals surface area contributed by atoms with Gasteiger partial charge in [0, 0.05) is 28.8 Å². The van der Waals surface area contributed by atoms with Crippen LogP contribution in [-0.2, 0) is 20.4 Å².